The summed E-state index contributed by atoms with van der Waals surface area (Å²) in [6.45, 7) is 6.89. The van der Waals surface area contributed by atoms with Gasteiger partial charge in [-0.2, -0.15) is 0 Å². The molecule has 1 rings (SSSR count). The Morgan fingerprint density at radius 1 is 1.33 bits per heavy atom. The van der Waals surface area contributed by atoms with E-state index >= 15 is 0 Å². The van der Waals surface area contributed by atoms with E-state index in [1.807, 2.05) is 0 Å². The number of carbonyl (C=O) groups is 1. The van der Waals surface area contributed by atoms with Crippen molar-refractivity contribution >= 4 is 16.0 Å². The molecular weight excluding hydrogens is 294 g/mol. The van der Waals surface area contributed by atoms with Gasteiger partial charge in [0.2, 0.25) is 10.0 Å². The highest BCUT2D eigenvalue weighted by molar-refractivity contribution is 7.89. The zero-order chi connectivity index (χ0) is 16.4. The lowest BCUT2D eigenvalue weighted by Crippen LogP contribution is -2.40. The van der Waals surface area contributed by atoms with Crippen LogP contribution in [-0.4, -0.2) is 32.1 Å². The number of benzene rings is 1. The largest absolute Gasteiger partial charge is 0.495 e. The van der Waals surface area contributed by atoms with Crippen molar-refractivity contribution in [1.82, 2.24) is 4.72 Å². The fourth-order valence-electron chi connectivity index (χ4n) is 2.00. The Kier molecular flexibility index (Phi) is 5.01. The predicted molar refractivity (Wildman–Crippen MR) is 79.1 cm³/mol. The van der Waals surface area contributed by atoms with Crippen LogP contribution in [0.1, 0.15) is 31.9 Å². The molecule has 0 fully saturated rings. The van der Waals surface area contributed by atoms with E-state index in [2.05, 4.69) is 4.72 Å². The van der Waals surface area contributed by atoms with Gasteiger partial charge in [0.1, 0.15) is 10.6 Å². The zero-order valence-corrected chi connectivity index (χ0v) is 13.7. The molecule has 0 amide bonds. The highest BCUT2D eigenvalue weighted by atomic mass is 32.2. The van der Waals surface area contributed by atoms with Crippen molar-refractivity contribution in [1.29, 1.82) is 0 Å². The Morgan fingerprint density at radius 2 is 1.90 bits per heavy atom. The van der Waals surface area contributed by atoms with Crippen LogP contribution in [0.3, 0.4) is 0 Å². The molecule has 0 heterocycles. The van der Waals surface area contributed by atoms with Gasteiger partial charge >= 0.3 is 5.97 Å². The molecule has 0 bridgehead atoms. The van der Waals surface area contributed by atoms with Gasteiger partial charge < -0.3 is 9.84 Å². The standard InChI is InChI=1S/C14H21NO5S/c1-9-6-10(8-12(16)17)13(20-5)11(7-9)21(18,19)15-14(2,3)4/h6-7,15H,8H2,1-5H3,(H,16,17). The van der Waals surface area contributed by atoms with E-state index in [4.69, 9.17) is 9.84 Å². The second-order valence-corrected chi connectivity index (χ2v) is 7.53. The van der Waals surface area contributed by atoms with Crippen molar-refractivity contribution in [2.45, 2.75) is 44.6 Å². The monoisotopic (exact) mass is 315 g/mol. The Labute approximate surface area is 125 Å². The van der Waals surface area contributed by atoms with Crippen LogP contribution in [0, 0.1) is 6.92 Å². The number of nitrogens with one attached hydrogen (secondary N) is 1. The molecule has 0 radical (unpaired) electrons. The van der Waals surface area contributed by atoms with Crippen molar-refractivity contribution in [3.63, 3.8) is 0 Å². The lowest BCUT2D eigenvalue weighted by molar-refractivity contribution is -0.136. The molecule has 0 aromatic heterocycles. The number of aliphatic carboxylic acids is 1. The van der Waals surface area contributed by atoms with E-state index < -0.39 is 21.5 Å². The van der Waals surface area contributed by atoms with E-state index in [-0.39, 0.29) is 17.1 Å². The fourth-order valence-corrected chi connectivity index (χ4v) is 3.71. The summed E-state index contributed by atoms with van der Waals surface area (Å²) >= 11 is 0. The zero-order valence-electron chi connectivity index (χ0n) is 12.9. The molecule has 0 saturated heterocycles. The molecule has 0 saturated carbocycles. The minimum atomic E-state index is -3.81. The Bertz CT molecular complexity index is 644. The summed E-state index contributed by atoms with van der Waals surface area (Å²) in [5.41, 5.74) is 0.334. The van der Waals surface area contributed by atoms with Crippen LogP contribution in [-0.2, 0) is 21.2 Å². The first-order valence-electron chi connectivity index (χ1n) is 6.39. The molecule has 0 atom stereocenters. The van der Waals surface area contributed by atoms with Crippen LogP contribution in [0.15, 0.2) is 17.0 Å². The molecule has 118 valence electrons. The summed E-state index contributed by atoms with van der Waals surface area (Å²) in [7, 11) is -2.48. The summed E-state index contributed by atoms with van der Waals surface area (Å²) in [5.74, 6) is -0.981. The van der Waals surface area contributed by atoms with Gasteiger partial charge in [-0.1, -0.05) is 6.07 Å². The van der Waals surface area contributed by atoms with E-state index in [0.717, 1.165) is 0 Å². The van der Waals surface area contributed by atoms with Crippen LogP contribution in [0.5, 0.6) is 5.75 Å². The number of ether oxygens (including phenoxy) is 1. The smallest absolute Gasteiger partial charge is 0.307 e. The van der Waals surface area contributed by atoms with Crippen LogP contribution in [0.2, 0.25) is 0 Å². The number of sulfonamides is 1. The van der Waals surface area contributed by atoms with Crippen LogP contribution in [0.4, 0.5) is 0 Å². The van der Waals surface area contributed by atoms with Crippen molar-refractivity contribution in [3.8, 4) is 5.75 Å². The third-order valence-corrected chi connectivity index (χ3v) is 4.32. The topological polar surface area (TPSA) is 92.7 Å². The van der Waals surface area contributed by atoms with Crippen molar-refractivity contribution < 1.29 is 23.1 Å². The average Bonchev–Trinajstić information content (AvgIpc) is 2.24. The molecule has 2 N–H and O–H groups in total. The first-order chi connectivity index (χ1) is 9.46. The van der Waals surface area contributed by atoms with Gasteiger partial charge in [-0.15, -0.1) is 0 Å². The third kappa shape index (κ3) is 4.71. The Balaban J connectivity index is 3.48. The van der Waals surface area contributed by atoms with E-state index in [1.54, 1.807) is 33.8 Å². The summed E-state index contributed by atoms with van der Waals surface area (Å²) in [6.07, 6.45) is -0.303. The molecular formula is C14H21NO5S. The lowest BCUT2D eigenvalue weighted by Gasteiger charge is -2.22. The number of hydrogen-bond donors (Lipinski definition) is 2. The van der Waals surface area contributed by atoms with Crippen molar-refractivity contribution in [3.05, 3.63) is 23.3 Å². The highest BCUT2D eigenvalue weighted by Crippen LogP contribution is 2.30. The SMILES string of the molecule is COc1c(CC(=O)O)cc(C)cc1S(=O)(=O)NC(C)(C)C. The summed E-state index contributed by atoms with van der Waals surface area (Å²) < 4.78 is 32.6. The molecule has 1 aromatic rings. The quantitative estimate of drug-likeness (QED) is 0.863. The van der Waals surface area contributed by atoms with Crippen molar-refractivity contribution in [2.75, 3.05) is 7.11 Å². The van der Waals surface area contributed by atoms with E-state index in [1.165, 1.54) is 13.2 Å². The first kappa shape index (κ1) is 17.5. The molecule has 6 nitrogen and oxygen atoms in total. The maximum Gasteiger partial charge on any atom is 0.307 e. The van der Waals surface area contributed by atoms with Crippen LogP contribution >= 0.6 is 0 Å². The van der Waals surface area contributed by atoms with Crippen molar-refractivity contribution in [2.24, 2.45) is 0 Å². The van der Waals surface area contributed by atoms with Gasteiger partial charge in [-0.3, -0.25) is 4.79 Å². The molecule has 0 aliphatic carbocycles. The van der Waals surface area contributed by atoms with Gasteiger partial charge in [0.05, 0.1) is 13.5 Å². The maximum absolute atomic E-state index is 12.5. The number of hydrogen-bond acceptors (Lipinski definition) is 4. The van der Waals surface area contributed by atoms with E-state index in [9.17, 15) is 13.2 Å². The summed E-state index contributed by atoms with van der Waals surface area (Å²) in [6, 6.07) is 3.08. The predicted octanol–water partition coefficient (Wildman–Crippen LogP) is 1.71. The average molecular weight is 315 g/mol. The molecule has 0 aliphatic rings. The number of methoxy groups -OCH3 is 1. The maximum atomic E-state index is 12.5. The second kappa shape index (κ2) is 6.03. The second-order valence-electron chi connectivity index (χ2n) is 5.88. The normalized spacial score (nSPS) is 12.2. The number of rotatable bonds is 5. The highest BCUT2D eigenvalue weighted by Gasteiger charge is 2.27. The Morgan fingerprint density at radius 3 is 2.33 bits per heavy atom. The first-order valence-corrected chi connectivity index (χ1v) is 7.88. The van der Waals surface area contributed by atoms with Gasteiger partial charge in [-0.25, -0.2) is 13.1 Å². The summed E-state index contributed by atoms with van der Waals surface area (Å²) in [5, 5.41) is 8.94. The molecule has 1 aromatic carbocycles. The van der Waals surface area contributed by atoms with Crippen LogP contribution < -0.4 is 9.46 Å². The fraction of sp³-hybridized carbons (Fsp3) is 0.500. The minimum absolute atomic E-state index is 0.0452. The minimum Gasteiger partial charge on any atom is -0.495 e. The van der Waals surface area contributed by atoms with Gasteiger partial charge in [-0.05, 0) is 39.3 Å². The molecule has 0 unspecified atom stereocenters. The summed E-state index contributed by atoms with van der Waals surface area (Å²) in [4.78, 5) is 10.9. The Hall–Kier alpha value is -1.60. The molecule has 21 heavy (non-hydrogen) atoms. The molecule has 0 aliphatic heterocycles. The van der Waals surface area contributed by atoms with Gasteiger partial charge in [0, 0.05) is 11.1 Å². The lowest BCUT2D eigenvalue weighted by atomic mass is 10.1. The van der Waals surface area contributed by atoms with Crippen LogP contribution in [0.25, 0.3) is 0 Å². The van der Waals surface area contributed by atoms with E-state index in [0.29, 0.717) is 11.1 Å². The number of carboxylic acid groups (broad SMARTS) is 1. The molecule has 7 heteroatoms. The molecule has 0 spiro atoms. The third-order valence-electron chi connectivity index (χ3n) is 2.55. The number of aryl methyl sites for hydroxylation is 1. The van der Waals surface area contributed by atoms with Gasteiger partial charge in [0.25, 0.3) is 0 Å². The van der Waals surface area contributed by atoms with Gasteiger partial charge in [0.15, 0.2) is 0 Å². The number of carboxylic acids is 1.